The first-order valence-electron chi connectivity index (χ1n) is 9.66. The van der Waals surface area contributed by atoms with Crippen LogP contribution in [0.4, 0.5) is 11.4 Å². The van der Waals surface area contributed by atoms with Crippen LogP contribution in [0.25, 0.3) is 23.3 Å². The average molecular weight is 384 g/mol. The van der Waals surface area contributed by atoms with Crippen LogP contribution in [0.5, 0.6) is 0 Å². The predicted molar refractivity (Wildman–Crippen MR) is 120 cm³/mol. The summed E-state index contributed by atoms with van der Waals surface area (Å²) in [5.74, 6) is 0. The number of nitro benzene ring substituents is 1. The summed E-state index contributed by atoms with van der Waals surface area (Å²) in [6, 6.07) is 20.1. The number of nitro groups is 1. The molecule has 0 amide bonds. The molecule has 0 atom stereocenters. The third-order valence-electron chi connectivity index (χ3n) is 5.77. The fourth-order valence-electron chi connectivity index (χ4n) is 4.04. The van der Waals surface area contributed by atoms with Gasteiger partial charge < -0.3 is 4.90 Å². The summed E-state index contributed by atoms with van der Waals surface area (Å²) < 4.78 is 0. The fraction of sp³-hybridized carbons (Fsp3) is 0.200. The van der Waals surface area contributed by atoms with E-state index in [-0.39, 0.29) is 16.0 Å². The van der Waals surface area contributed by atoms with Crippen molar-refractivity contribution in [2.24, 2.45) is 0 Å². The molecule has 0 aliphatic heterocycles. The van der Waals surface area contributed by atoms with Crippen LogP contribution in [-0.2, 0) is 5.41 Å². The van der Waals surface area contributed by atoms with E-state index in [1.807, 2.05) is 20.2 Å². The number of benzene rings is 3. The number of rotatable bonds is 4. The molecule has 1 aliphatic rings. The van der Waals surface area contributed by atoms with E-state index in [2.05, 4.69) is 73.4 Å². The molecule has 0 spiro atoms. The molecule has 0 bridgehead atoms. The molecule has 0 aromatic heterocycles. The van der Waals surface area contributed by atoms with Crippen LogP contribution in [0.1, 0.15) is 36.1 Å². The van der Waals surface area contributed by atoms with Crippen molar-refractivity contribution in [3.8, 4) is 11.1 Å². The number of nitrogens with zero attached hydrogens (tertiary/aromatic N) is 2. The normalized spacial score (nSPS) is 13.9. The van der Waals surface area contributed by atoms with Crippen LogP contribution in [0.3, 0.4) is 0 Å². The molecule has 3 aromatic rings. The molecule has 0 saturated carbocycles. The van der Waals surface area contributed by atoms with Gasteiger partial charge in [-0.2, -0.15) is 0 Å². The van der Waals surface area contributed by atoms with E-state index in [9.17, 15) is 10.1 Å². The largest absolute Gasteiger partial charge is 0.378 e. The molecule has 4 rings (SSSR count). The van der Waals surface area contributed by atoms with Gasteiger partial charge >= 0.3 is 0 Å². The van der Waals surface area contributed by atoms with E-state index in [0.717, 1.165) is 27.8 Å². The zero-order chi connectivity index (χ0) is 20.8. The van der Waals surface area contributed by atoms with Crippen molar-refractivity contribution in [1.29, 1.82) is 0 Å². The minimum Gasteiger partial charge on any atom is -0.378 e. The summed E-state index contributed by atoms with van der Waals surface area (Å²) in [5.41, 5.74) is 7.79. The first-order chi connectivity index (χ1) is 13.8. The number of hydrogen-bond acceptors (Lipinski definition) is 3. The maximum absolute atomic E-state index is 11.2. The van der Waals surface area contributed by atoms with Gasteiger partial charge in [0.2, 0.25) is 0 Å². The van der Waals surface area contributed by atoms with E-state index in [0.29, 0.717) is 0 Å². The Morgan fingerprint density at radius 3 is 2.00 bits per heavy atom. The van der Waals surface area contributed by atoms with Gasteiger partial charge in [0.1, 0.15) is 0 Å². The fourth-order valence-corrected chi connectivity index (χ4v) is 4.04. The Morgan fingerprint density at radius 2 is 1.38 bits per heavy atom. The van der Waals surface area contributed by atoms with E-state index in [4.69, 9.17) is 0 Å². The second-order valence-electron chi connectivity index (χ2n) is 8.24. The lowest BCUT2D eigenvalue weighted by atomic mass is 9.82. The summed E-state index contributed by atoms with van der Waals surface area (Å²) in [7, 11) is 4.06. The first kappa shape index (κ1) is 18.9. The van der Waals surface area contributed by atoms with Gasteiger partial charge in [0.25, 0.3) is 5.69 Å². The van der Waals surface area contributed by atoms with Gasteiger partial charge in [-0.05, 0) is 51.6 Å². The van der Waals surface area contributed by atoms with Gasteiger partial charge in [-0.15, -0.1) is 0 Å². The first-order valence-corrected chi connectivity index (χ1v) is 9.66. The van der Waals surface area contributed by atoms with Crippen LogP contribution in [0.15, 0.2) is 60.7 Å². The quantitative estimate of drug-likeness (QED) is 0.308. The molecular weight excluding hydrogens is 360 g/mol. The van der Waals surface area contributed by atoms with Gasteiger partial charge in [0.15, 0.2) is 0 Å². The van der Waals surface area contributed by atoms with Crippen LogP contribution < -0.4 is 4.90 Å². The predicted octanol–water partition coefficient (Wildman–Crippen LogP) is 6.14. The molecule has 29 heavy (non-hydrogen) atoms. The minimum absolute atomic E-state index is 0.144. The Labute approximate surface area is 171 Å². The Balaban J connectivity index is 1.67. The third-order valence-corrected chi connectivity index (χ3v) is 5.77. The molecule has 0 radical (unpaired) electrons. The van der Waals surface area contributed by atoms with Crippen LogP contribution in [0.2, 0.25) is 0 Å². The summed E-state index contributed by atoms with van der Waals surface area (Å²) in [4.78, 5) is 13.0. The minimum atomic E-state index is -0.324. The smallest absolute Gasteiger partial charge is 0.269 e. The van der Waals surface area contributed by atoms with E-state index in [1.54, 1.807) is 12.1 Å². The Hall–Kier alpha value is -3.40. The highest BCUT2D eigenvalue weighted by Gasteiger charge is 2.36. The zero-order valence-corrected chi connectivity index (χ0v) is 17.1. The topological polar surface area (TPSA) is 46.4 Å². The van der Waals surface area contributed by atoms with Crippen molar-refractivity contribution in [1.82, 2.24) is 0 Å². The Morgan fingerprint density at radius 1 is 0.828 bits per heavy atom. The van der Waals surface area contributed by atoms with Crippen molar-refractivity contribution in [2.75, 3.05) is 19.0 Å². The standard InChI is InChI=1S/C25H24N2O2/c1-25(2)23-15-18(6-5-17-7-10-19(11-8-17)26(3)4)9-13-21(23)22-14-12-20(27(28)29)16-24(22)25/h5-16H,1-4H3/b6-5+. The lowest BCUT2D eigenvalue weighted by Gasteiger charge is -2.21. The summed E-state index contributed by atoms with van der Waals surface area (Å²) in [5, 5.41) is 11.2. The van der Waals surface area contributed by atoms with Gasteiger partial charge in [-0.25, -0.2) is 0 Å². The lowest BCUT2D eigenvalue weighted by molar-refractivity contribution is -0.384. The molecule has 0 heterocycles. The zero-order valence-electron chi connectivity index (χ0n) is 17.1. The number of non-ortho nitro benzene ring substituents is 1. The SMILES string of the molecule is CN(C)c1ccc(/C=C/c2ccc3c(c2)C(C)(C)c2cc([N+](=O)[O-])ccc2-3)cc1. The van der Waals surface area contributed by atoms with Gasteiger partial charge in [0, 0.05) is 37.3 Å². The van der Waals surface area contributed by atoms with E-state index >= 15 is 0 Å². The molecule has 146 valence electrons. The summed E-state index contributed by atoms with van der Waals surface area (Å²) >= 11 is 0. The van der Waals surface area contributed by atoms with Gasteiger partial charge in [-0.3, -0.25) is 10.1 Å². The van der Waals surface area contributed by atoms with Crippen LogP contribution in [0, 0.1) is 10.1 Å². The highest BCUT2D eigenvalue weighted by molar-refractivity contribution is 5.83. The third kappa shape index (κ3) is 3.31. The van der Waals surface area contributed by atoms with Gasteiger partial charge in [-0.1, -0.05) is 56.3 Å². The van der Waals surface area contributed by atoms with Crippen LogP contribution in [-0.4, -0.2) is 19.0 Å². The summed E-state index contributed by atoms with van der Waals surface area (Å²) in [6.45, 7) is 4.27. The van der Waals surface area contributed by atoms with E-state index in [1.165, 1.54) is 11.3 Å². The number of hydrogen-bond donors (Lipinski definition) is 0. The molecule has 1 aliphatic carbocycles. The molecular formula is C25H24N2O2. The monoisotopic (exact) mass is 384 g/mol. The Bertz CT molecular complexity index is 1130. The molecule has 0 saturated heterocycles. The molecule has 3 aromatic carbocycles. The van der Waals surface area contributed by atoms with Crippen molar-refractivity contribution in [2.45, 2.75) is 19.3 Å². The second-order valence-corrected chi connectivity index (χ2v) is 8.24. The van der Waals surface area contributed by atoms with E-state index < -0.39 is 0 Å². The number of anilines is 1. The molecule has 0 unspecified atom stereocenters. The Kier molecular flexibility index (Phi) is 4.50. The maximum Gasteiger partial charge on any atom is 0.269 e. The highest BCUT2D eigenvalue weighted by atomic mass is 16.6. The van der Waals surface area contributed by atoms with Crippen molar-refractivity contribution >= 4 is 23.5 Å². The lowest BCUT2D eigenvalue weighted by Crippen LogP contribution is -2.15. The molecule has 4 nitrogen and oxygen atoms in total. The molecule has 4 heteroatoms. The second kappa shape index (κ2) is 6.89. The molecule has 0 fully saturated rings. The van der Waals surface area contributed by atoms with Crippen molar-refractivity contribution < 1.29 is 4.92 Å². The van der Waals surface area contributed by atoms with Gasteiger partial charge in [0.05, 0.1) is 4.92 Å². The summed E-state index contributed by atoms with van der Waals surface area (Å²) in [6.07, 6.45) is 4.23. The number of fused-ring (bicyclic) bond motifs is 3. The van der Waals surface area contributed by atoms with Crippen molar-refractivity contribution in [3.63, 3.8) is 0 Å². The van der Waals surface area contributed by atoms with Crippen molar-refractivity contribution in [3.05, 3.63) is 93.0 Å². The highest BCUT2D eigenvalue weighted by Crippen LogP contribution is 2.49. The molecule has 0 N–H and O–H groups in total. The average Bonchev–Trinajstić information content (AvgIpc) is 2.93. The maximum atomic E-state index is 11.2. The van der Waals surface area contributed by atoms with Crippen LogP contribution >= 0.6 is 0 Å².